The number of carbonyl (C=O) groups is 2. The minimum Gasteiger partial charge on any atom is -0.462 e. The Kier molecular flexibility index (Phi) is 33.9. The van der Waals surface area contributed by atoms with E-state index in [0.717, 1.165) is 44.9 Å². The van der Waals surface area contributed by atoms with Crippen LogP contribution >= 0.6 is 7.82 Å². The van der Waals surface area contributed by atoms with Gasteiger partial charge < -0.3 is 39.9 Å². The summed E-state index contributed by atoms with van der Waals surface area (Å²) in [6.07, 6.45) is 32.7. The van der Waals surface area contributed by atoms with Gasteiger partial charge >= 0.3 is 19.8 Å². The molecule has 0 saturated heterocycles. The van der Waals surface area contributed by atoms with Gasteiger partial charge in [-0.15, -0.1) is 0 Å². The molecule has 0 aromatic carbocycles. The van der Waals surface area contributed by atoms with Crippen molar-refractivity contribution < 1.29 is 63.1 Å². The Morgan fingerprint density at radius 3 is 1.43 bits per heavy atom. The zero-order valence-electron chi connectivity index (χ0n) is 36.9. The first-order valence-electron chi connectivity index (χ1n) is 22.7. The Labute approximate surface area is 365 Å². The molecule has 4 unspecified atom stereocenters. The van der Waals surface area contributed by atoms with Gasteiger partial charge in [0.15, 0.2) is 6.10 Å². The van der Waals surface area contributed by atoms with Crippen molar-refractivity contribution in [3.63, 3.8) is 0 Å². The molecular formula is C47H79O13P. The molecule has 0 bridgehead atoms. The van der Waals surface area contributed by atoms with Crippen molar-refractivity contribution in [1.82, 2.24) is 0 Å². The summed E-state index contributed by atoms with van der Waals surface area (Å²) in [4.78, 5) is 35.6. The van der Waals surface area contributed by atoms with E-state index in [4.69, 9.17) is 18.5 Å². The molecule has 14 heteroatoms. The zero-order chi connectivity index (χ0) is 45.0. The van der Waals surface area contributed by atoms with E-state index < -0.39 is 75.7 Å². The Hall–Kier alpha value is -2.71. The van der Waals surface area contributed by atoms with Crippen LogP contribution in [0.3, 0.4) is 0 Å². The Morgan fingerprint density at radius 1 is 0.508 bits per heavy atom. The minimum absolute atomic E-state index is 0.0366. The zero-order valence-corrected chi connectivity index (χ0v) is 37.8. The second-order valence-electron chi connectivity index (χ2n) is 15.5. The number of ether oxygens (including phenoxy) is 2. The topological polar surface area (TPSA) is 210 Å². The van der Waals surface area contributed by atoms with E-state index in [1.165, 1.54) is 64.2 Å². The molecule has 0 aliphatic heterocycles. The average molecular weight is 883 g/mol. The molecule has 0 aromatic rings. The molecule has 1 aliphatic carbocycles. The maximum absolute atomic E-state index is 12.8. The van der Waals surface area contributed by atoms with Crippen molar-refractivity contribution in [2.45, 2.75) is 198 Å². The van der Waals surface area contributed by atoms with Crippen molar-refractivity contribution in [3.8, 4) is 0 Å². The van der Waals surface area contributed by atoms with Crippen molar-refractivity contribution >= 4 is 19.8 Å². The number of aliphatic hydroxyl groups excluding tert-OH is 5. The molecule has 6 N–H and O–H groups in total. The van der Waals surface area contributed by atoms with Crippen molar-refractivity contribution in [3.05, 3.63) is 72.9 Å². The van der Waals surface area contributed by atoms with Crippen molar-refractivity contribution in [1.29, 1.82) is 0 Å². The van der Waals surface area contributed by atoms with Gasteiger partial charge in [-0.25, -0.2) is 4.57 Å². The fraction of sp³-hybridized carbons (Fsp3) is 0.702. The summed E-state index contributed by atoms with van der Waals surface area (Å²) in [5.74, 6) is -1.26. The number of hydrogen-bond acceptors (Lipinski definition) is 12. The number of allylic oxidation sites excluding steroid dienone is 12. The maximum atomic E-state index is 12.8. The van der Waals surface area contributed by atoms with E-state index in [1.54, 1.807) is 0 Å². The lowest BCUT2D eigenvalue weighted by Gasteiger charge is -2.41. The first-order valence-corrected chi connectivity index (χ1v) is 24.2. The minimum atomic E-state index is -5.15. The van der Waals surface area contributed by atoms with Crippen LogP contribution in [-0.4, -0.2) is 98.3 Å². The number of phosphoric acid groups is 1. The summed E-state index contributed by atoms with van der Waals surface area (Å²) in [7, 11) is -5.15. The molecule has 1 aliphatic rings. The van der Waals surface area contributed by atoms with E-state index in [0.29, 0.717) is 19.3 Å². The van der Waals surface area contributed by atoms with E-state index in [2.05, 4.69) is 62.5 Å². The van der Waals surface area contributed by atoms with Gasteiger partial charge in [0.25, 0.3) is 0 Å². The molecule has 8 atom stereocenters. The van der Waals surface area contributed by atoms with E-state index in [9.17, 15) is 44.6 Å². The highest BCUT2D eigenvalue weighted by atomic mass is 31.2. The summed E-state index contributed by atoms with van der Waals surface area (Å²) >= 11 is 0. The Morgan fingerprint density at radius 2 is 0.918 bits per heavy atom. The predicted molar refractivity (Wildman–Crippen MR) is 239 cm³/mol. The molecule has 13 nitrogen and oxygen atoms in total. The molecule has 61 heavy (non-hydrogen) atoms. The maximum Gasteiger partial charge on any atom is 0.472 e. The summed E-state index contributed by atoms with van der Waals surface area (Å²) in [5.41, 5.74) is 0. The first-order chi connectivity index (χ1) is 29.4. The largest absolute Gasteiger partial charge is 0.472 e. The third kappa shape index (κ3) is 29.3. The molecule has 0 radical (unpaired) electrons. The van der Waals surface area contributed by atoms with Crippen LogP contribution < -0.4 is 0 Å². The number of aliphatic hydroxyl groups is 5. The predicted octanol–water partition coefficient (Wildman–Crippen LogP) is 8.72. The van der Waals surface area contributed by atoms with Gasteiger partial charge in [-0.2, -0.15) is 0 Å². The third-order valence-corrected chi connectivity index (χ3v) is 11.0. The summed E-state index contributed by atoms with van der Waals surface area (Å²) < 4.78 is 33.4. The molecule has 1 rings (SSSR count). The van der Waals surface area contributed by atoms with Gasteiger partial charge in [0, 0.05) is 12.8 Å². The van der Waals surface area contributed by atoms with E-state index in [1.807, 2.05) is 24.3 Å². The van der Waals surface area contributed by atoms with Crippen LogP contribution in [0.4, 0.5) is 0 Å². The van der Waals surface area contributed by atoms with Gasteiger partial charge in [0.1, 0.15) is 43.2 Å². The van der Waals surface area contributed by atoms with Crippen LogP contribution in [0.15, 0.2) is 72.9 Å². The van der Waals surface area contributed by atoms with Crippen LogP contribution in [0.2, 0.25) is 0 Å². The second kappa shape index (κ2) is 36.7. The van der Waals surface area contributed by atoms with E-state index in [-0.39, 0.29) is 12.8 Å². The highest BCUT2D eigenvalue weighted by molar-refractivity contribution is 7.47. The number of phosphoric ester groups is 1. The molecule has 1 fully saturated rings. The summed E-state index contributed by atoms with van der Waals surface area (Å²) in [6.45, 7) is 3.12. The summed E-state index contributed by atoms with van der Waals surface area (Å²) in [6, 6.07) is 0. The van der Waals surface area contributed by atoms with Crippen LogP contribution in [-0.2, 0) is 32.7 Å². The molecular weight excluding hydrogens is 803 g/mol. The van der Waals surface area contributed by atoms with Crippen molar-refractivity contribution in [2.24, 2.45) is 0 Å². The van der Waals surface area contributed by atoms with Crippen molar-refractivity contribution in [2.75, 3.05) is 13.2 Å². The number of hydrogen-bond donors (Lipinski definition) is 6. The standard InChI is InChI=1S/C47H79O13P/c1-3-5-7-9-11-13-15-17-19-20-22-24-26-28-30-32-34-36-41(49)59-39(38-58-61(55,56)60-47-45(53)43(51)42(50)44(52)46(47)54)37-57-40(48)35-33-31-29-27-25-23-21-18-16-14-12-10-8-6-4-2/h7,9,13,15,19-20,24,26,29-32,39,42-47,50-54H,3-6,8,10-12,14,16-18,21-23,25,27-28,33-38H2,1-2H3,(H,55,56)/b9-7-,15-13-,20-19-,26-24-,31-29-,32-30-/t39?,42?,43-,44+,45-,46-,47?/m0/s1. The normalized spacial score (nSPS) is 22.7. The number of esters is 2. The lowest BCUT2D eigenvalue weighted by molar-refractivity contribution is -0.220. The quantitative estimate of drug-likeness (QED) is 0.0151. The van der Waals surface area contributed by atoms with Gasteiger partial charge in [0.05, 0.1) is 6.61 Å². The van der Waals surface area contributed by atoms with E-state index >= 15 is 0 Å². The van der Waals surface area contributed by atoms with Crippen LogP contribution in [0.25, 0.3) is 0 Å². The first kappa shape index (κ1) is 56.3. The number of rotatable bonds is 36. The van der Waals surface area contributed by atoms with Gasteiger partial charge in [-0.05, 0) is 57.8 Å². The highest BCUT2D eigenvalue weighted by Crippen LogP contribution is 2.47. The van der Waals surface area contributed by atoms with Crippen LogP contribution in [0.1, 0.15) is 155 Å². The Balaban J connectivity index is 2.55. The van der Waals surface area contributed by atoms with Crippen LogP contribution in [0.5, 0.6) is 0 Å². The number of unbranched alkanes of at least 4 members (excludes halogenated alkanes) is 12. The highest BCUT2D eigenvalue weighted by Gasteiger charge is 2.51. The van der Waals surface area contributed by atoms with Crippen LogP contribution in [0, 0.1) is 0 Å². The molecule has 0 amide bonds. The molecule has 1 saturated carbocycles. The van der Waals surface area contributed by atoms with Gasteiger partial charge in [0.2, 0.25) is 0 Å². The monoisotopic (exact) mass is 883 g/mol. The number of carbonyl (C=O) groups excluding carboxylic acids is 2. The molecule has 0 aromatic heterocycles. The lowest BCUT2D eigenvalue weighted by Crippen LogP contribution is -2.64. The fourth-order valence-electron chi connectivity index (χ4n) is 6.35. The third-order valence-electron chi connectivity index (χ3n) is 10.0. The average Bonchev–Trinajstić information content (AvgIpc) is 3.24. The SMILES string of the molecule is CCC/C=C\C/C=C\C/C=C\C/C=C\C/C=C\CCC(=O)OC(COC(=O)CC/C=C\CCCCCCCCCCCCC)COP(=O)(O)OC1[C@@H](O)[C@H](O)C(O)[C@H](O)[C@@H]1O. The molecule has 0 spiro atoms. The summed E-state index contributed by atoms with van der Waals surface area (Å²) in [5, 5.41) is 50.1. The molecule has 0 heterocycles. The second-order valence-corrected chi connectivity index (χ2v) is 16.9. The van der Waals surface area contributed by atoms with Gasteiger partial charge in [-0.1, -0.05) is 157 Å². The fourth-order valence-corrected chi connectivity index (χ4v) is 7.33. The van der Waals surface area contributed by atoms with Gasteiger partial charge in [-0.3, -0.25) is 18.6 Å². The Bertz CT molecular complexity index is 1340. The molecule has 350 valence electrons. The smallest absolute Gasteiger partial charge is 0.462 e. The lowest BCUT2D eigenvalue weighted by atomic mass is 9.85.